The van der Waals surface area contributed by atoms with Gasteiger partial charge in [0.25, 0.3) is 0 Å². The maximum atomic E-state index is 13.9. The van der Waals surface area contributed by atoms with Crippen molar-refractivity contribution in [1.82, 2.24) is 14.9 Å². The number of aromatic nitrogens is 2. The van der Waals surface area contributed by atoms with Crippen molar-refractivity contribution in [2.45, 2.75) is 18.8 Å². The summed E-state index contributed by atoms with van der Waals surface area (Å²) in [5.41, 5.74) is 2.17. The summed E-state index contributed by atoms with van der Waals surface area (Å²) < 4.78 is 13.9. The molecule has 4 rings (SSSR count). The Morgan fingerprint density at radius 2 is 2.11 bits per heavy atom. The molecule has 1 saturated heterocycles. The first-order chi connectivity index (χ1) is 13.1. The zero-order valence-corrected chi connectivity index (χ0v) is 15.4. The smallest absolute Gasteiger partial charge is 0.246 e. The number of nitrogens with zero attached hydrogens (tertiary/aromatic N) is 2. The second-order valence-corrected chi connectivity index (χ2v) is 7.14. The van der Waals surface area contributed by atoms with E-state index in [1.54, 1.807) is 17.0 Å². The number of fused-ring (bicyclic) bond motifs is 1. The van der Waals surface area contributed by atoms with E-state index in [-0.39, 0.29) is 22.4 Å². The van der Waals surface area contributed by atoms with E-state index in [9.17, 15) is 9.18 Å². The lowest BCUT2D eigenvalue weighted by Crippen LogP contribution is -2.38. The number of benzene rings is 2. The van der Waals surface area contributed by atoms with Crippen molar-refractivity contribution in [2.24, 2.45) is 0 Å². The number of likely N-dealkylation sites (tertiary alicyclic amines) is 1. The van der Waals surface area contributed by atoms with Gasteiger partial charge in [-0.3, -0.25) is 4.79 Å². The van der Waals surface area contributed by atoms with Crippen LogP contribution in [-0.4, -0.2) is 33.9 Å². The monoisotopic (exact) mass is 383 g/mol. The van der Waals surface area contributed by atoms with Crippen LogP contribution in [0.3, 0.4) is 0 Å². The van der Waals surface area contributed by atoms with E-state index in [2.05, 4.69) is 9.97 Å². The second-order valence-electron chi connectivity index (χ2n) is 6.73. The van der Waals surface area contributed by atoms with E-state index in [0.29, 0.717) is 13.1 Å². The van der Waals surface area contributed by atoms with Crippen LogP contribution in [0.5, 0.6) is 0 Å². The molecule has 2 aromatic carbocycles. The Balaban J connectivity index is 1.49. The minimum Gasteiger partial charge on any atom is -0.342 e. The van der Waals surface area contributed by atoms with Crippen LogP contribution in [0, 0.1) is 5.82 Å². The molecule has 4 nitrogen and oxygen atoms in total. The molecular formula is C21H19ClFN3O. The molecule has 1 unspecified atom stereocenters. The molecule has 27 heavy (non-hydrogen) atoms. The number of halogens is 2. The Bertz CT molecular complexity index is 960. The molecule has 0 saturated carbocycles. The summed E-state index contributed by atoms with van der Waals surface area (Å²) >= 11 is 6.01. The van der Waals surface area contributed by atoms with Gasteiger partial charge in [0.2, 0.25) is 5.91 Å². The number of carbonyl (C=O) groups excluding carboxylic acids is 1. The molecule has 0 spiro atoms. The molecule has 0 aliphatic carbocycles. The summed E-state index contributed by atoms with van der Waals surface area (Å²) in [4.78, 5) is 22.4. The molecule has 138 valence electrons. The van der Waals surface area contributed by atoms with E-state index in [1.165, 1.54) is 18.2 Å². The molecule has 0 bridgehead atoms. The third-order valence-electron chi connectivity index (χ3n) is 4.92. The van der Waals surface area contributed by atoms with Crippen molar-refractivity contribution in [1.29, 1.82) is 0 Å². The average Bonchev–Trinajstić information content (AvgIpc) is 3.12. The quantitative estimate of drug-likeness (QED) is 0.662. The highest BCUT2D eigenvalue weighted by Crippen LogP contribution is 2.27. The summed E-state index contributed by atoms with van der Waals surface area (Å²) in [7, 11) is 0. The number of para-hydroxylation sites is 2. The van der Waals surface area contributed by atoms with Crippen molar-refractivity contribution in [3.8, 4) is 0 Å². The van der Waals surface area contributed by atoms with Gasteiger partial charge < -0.3 is 9.88 Å². The molecule has 1 atom stereocenters. The number of piperidine rings is 1. The third-order valence-corrected chi connectivity index (χ3v) is 5.25. The van der Waals surface area contributed by atoms with Gasteiger partial charge in [-0.1, -0.05) is 29.8 Å². The number of hydrogen-bond acceptors (Lipinski definition) is 2. The van der Waals surface area contributed by atoms with Crippen LogP contribution in [0.25, 0.3) is 17.1 Å². The first kappa shape index (κ1) is 17.7. The standard InChI is InChI=1S/C21H19ClFN3O/c22-16-6-3-7-17(23)15(16)10-11-20(27)26-12-4-5-14(13-26)21-24-18-8-1-2-9-19(18)25-21/h1-3,6-11,14H,4-5,12-13H2,(H,24,25)/b11-10+. The maximum absolute atomic E-state index is 13.9. The van der Waals surface area contributed by atoms with Gasteiger partial charge in [0.15, 0.2) is 0 Å². The summed E-state index contributed by atoms with van der Waals surface area (Å²) in [5.74, 6) is 0.496. The van der Waals surface area contributed by atoms with Crippen molar-refractivity contribution >= 4 is 34.6 Å². The fraction of sp³-hybridized carbons (Fsp3) is 0.238. The number of imidazole rings is 1. The molecule has 1 N–H and O–H groups in total. The third kappa shape index (κ3) is 3.74. The summed E-state index contributed by atoms with van der Waals surface area (Å²) in [5, 5.41) is 0.290. The van der Waals surface area contributed by atoms with Gasteiger partial charge in [0, 0.05) is 30.6 Å². The van der Waals surface area contributed by atoms with Gasteiger partial charge >= 0.3 is 0 Å². The zero-order valence-electron chi connectivity index (χ0n) is 14.7. The summed E-state index contributed by atoms with van der Waals surface area (Å²) in [6.45, 7) is 1.28. The van der Waals surface area contributed by atoms with Crippen LogP contribution in [0.15, 0.2) is 48.5 Å². The predicted octanol–water partition coefficient (Wildman–Crippen LogP) is 4.77. The molecule has 1 aromatic heterocycles. The Morgan fingerprint density at radius 3 is 2.93 bits per heavy atom. The van der Waals surface area contributed by atoms with Crippen molar-refractivity contribution in [3.05, 3.63) is 70.8 Å². The highest BCUT2D eigenvalue weighted by atomic mass is 35.5. The lowest BCUT2D eigenvalue weighted by Gasteiger charge is -2.31. The SMILES string of the molecule is O=C(/C=C/c1c(F)cccc1Cl)N1CCCC(c2nc3ccccc3[nH]2)C1. The van der Waals surface area contributed by atoms with Crippen LogP contribution in [0.1, 0.15) is 30.1 Å². The van der Waals surface area contributed by atoms with Gasteiger partial charge in [-0.25, -0.2) is 9.37 Å². The van der Waals surface area contributed by atoms with Crippen molar-refractivity contribution in [2.75, 3.05) is 13.1 Å². The fourth-order valence-electron chi connectivity index (χ4n) is 3.50. The van der Waals surface area contributed by atoms with Crippen LogP contribution in [0.4, 0.5) is 4.39 Å². The van der Waals surface area contributed by atoms with Crippen LogP contribution < -0.4 is 0 Å². The second kappa shape index (κ2) is 7.53. The van der Waals surface area contributed by atoms with Gasteiger partial charge in [-0.2, -0.15) is 0 Å². The van der Waals surface area contributed by atoms with Gasteiger partial charge in [-0.05, 0) is 43.2 Å². The summed E-state index contributed by atoms with van der Waals surface area (Å²) in [6, 6.07) is 12.4. The Morgan fingerprint density at radius 1 is 1.26 bits per heavy atom. The lowest BCUT2D eigenvalue weighted by molar-refractivity contribution is -0.127. The number of amides is 1. The number of nitrogens with one attached hydrogen (secondary N) is 1. The van der Waals surface area contributed by atoms with Crippen molar-refractivity contribution < 1.29 is 9.18 Å². The number of rotatable bonds is 3. The van der Waals surface area contributed by atoms with E-state index in [4.69, 9.17) is 11.6 Å². The van der Waals surface area contributed by atoms with Gasteiger partial charge in [0.1, 0.15) is 11.6 Å². The normalized spacial score (nSPS) is 17.7. The molecule has 1 aliphatic heterocycles. The fourth-order valence-corrected chi connectivity index (χ4v) is 3.72. The van der Waals surface area contributed by atoms with Crippen molar-refractivity contribution in [3.63, 3.8) is 0 Å². The van der Waals surface area contributed by atoms with Gasteiger partial charge in [-0.15, -0.1) is 0 Å². The number of carbonyl (C=O) groups is 1. The molecule has 1 fully saturated rings. The molecule has 6 heteroatoms. The topological polar surface area (TPSA) is 49.0 Å². The van der Waals surface area contributed by atoms with Crippen LogP contribution >= 0.6 is 11.6 Å². The molecule has 1 amide bonds. The highest BCUT2D eigenvalue weighted by molar-refractivity contribution is 6.32. The molecule has 1 aliphatic rings. The number of hydrogen-bond donors (Lipinski definition) is 1. The predicted molar refractivity (Wildman–Crippen MR) is 105 cm³/mol. The molecular weight excluding hydrogens is 365 g/mol. The van der Waals surface area contributed by atoms with E-state index < -0.39 is 5.82 Å². The van der Waals surface area contributed by atoms with E-state index in [1.807, 2.05) is 24.3 Å². The Labute approximate surface area is 161 Å². The highest BCUT2D eigenvalue weighted by Gasteiger charge is 2.25. The Kier molecular flexibility index (Phi) is 4.94. The first-order valence-corrected chi connectivity index (χ1v) is 9.35. The number of aromatic amines is 1. The molecule has 2 heterocycles. The minimum absolute atomic E-state index is 0.143. The molecule has 3 aromatic rings. The average molecular weight is 384 g/mol. The number of H-pyrrole nitrogens is 1. The van der Waals surface area contributed by atoms with Crippen LogP contribution in [-0.2, 0) is 4.79 Å². The maximum Gasteiger partial charge on any atom is 0.246 e. The molecule has 0 radical (unpaired) electrons. The first-order valence-electron chi connectivity index (χ1n) is 8.97. The summed E-state index contributed by atoms with van der Waals surface area (Å²) in [6.07, 6.45) is 4.73. The Hall–Kier alpha value is -2.66. The largest absolute Gasteiger partial charge is 0.342 e. The zero-order chi connectivity index (χ0) is 18.8. The van der Waals surface area contributed by atoms with E-state index in [0.717, 1.165) is 29.7 Å². The van der Waals surface area contributed by atoms with Gasteiger partial charge in [0.05, 0.1) is 16.1 Å². The minimum atomic E-state index is -0.439. The van der Waals surface area contributed by atoms with E-state index >= 15 is 0 Å². The van der Waals surface area contributed by atoms with Crippen LogP contribution in [0.2, 0.25) is 5.02 Å². The lowest BCUT2D eigenvalue weighted by atomic mass is 9.97.